The number of nitrogens with zero attached hydrogens (tertiary/aromatic N) is 14. The third kappa shape index (κ3) is 11.3. The minimum atomic E-state index is 0.333. The molecule has 14 nitrogen and oxygen atoms in total. The SMILES string of the molecule is N#Cc1cc(C#N)cc(-c2ccc3c(c2)c2cc(-c4cc(C#N)cc(C#N)c4)ccc2n3-c2ccc(-c3nc(-c4ccccc4)nc(-c4ccccc4)n3)cc2-c2ccc(-n3c4ccc(-c5cc(C#N)cc(C#N)c5)cc4c4cc(-c5cc(C#N)cc(C#N)c5)ccc43)c(-c3cccc(C#N)c3)c2)c1. The van der Waals surface area contributed by atoms with E-state index in [-0.39, 0.29) is 0 Å². The van der Waals surface area contributed by atoms with Crippen LogP contribution in [0.3, 0.4) is 0 Å². The molecule has 0 aliphatic rings. The molecule has 3 heterocycles. The summed E-state index contributed by atoms with van der Waals surface area (Å²) >= 11 is 0. The van der Waals surface area contributed by atoms with Crippen LogP contribution in [-0.2, 0) is 0 Å². The zero-order valence-corrected chi connectivity index (χ0v) is 54.7. The van der Waals surface area contributed by atoms with Gasteiger partial charge in [-0.25, -0.2) is 15.0 Å². The summed E-state index contributed by atoms with van der Waals surface area (Å²) in [6.07, 6.45) is 0. The lowest BCUT2D eigenvalue weighted by Gasteiger charge is -2.19. The smallest absolute Gasteiger partial charge is 0.164 e. The number of aromatic nitrogens is 5. The topological polar surface area (TPSA) is 263 Å². The normalized spacial score (nSPS) is 10.8. The Hall–Kier alpha value is -16.1. The Balaban J connectivity index is 0.988. The first-order valence-electron chi connectivity index (χ1n) is 32.7. The van der Waals surface area contributed by atoms with Crippen molar-refractivity contribution in [2.45, 2.75) is 0 Å². The molecular formula is C90H44N14. The molecule has 0 saturated heterocycles. The summed E-state index contributed by atoms with van der Waals surface area (Å²) in [4.78, 5) is 15.5. The molecule has 0 fully saturated rings. The fraction of sp³-hybridized carbons (Fsp3) is 0. The van der Waals surface area contributed by atoms with Crippen LogP contribution in [0.25, 0.3) is 156 Å². The quantitative estimate of drug-likeness (QED) is 0.117. The van der Waals surface area contributed by atoms with Crippen LogP contribution >= 0.6 is 0 Å². The highest BCUT2D eigenvalue weighted by molar-refractivity contribution is 6.14. The average molecular weight is 1320 g/mol. The summed E-state index contributed by atoms with van der Waals surface area (Å²) in [5, 5.41) is 95.1. The molecule has 16 rings (SSSR count). The molecule has 0 N–H and O–H groups in total. The summed E-state index contributed by atoms with van der Waals surface area (Å²) in [6, 6.07) is 104. The van der Waals surface area contributed by atoms with Gasteiger partial charge in [0.15, 0.2) is 17.5 Å². The highest BCUT2D eigenvalue weighted by atomic mass is 15.0. The van der Waals surface area contributed by atoms with Crippen molar-refractivity contribution >= 4 is 43.6 Å². The number of hydrogen-bond acceptors (Lipinski definition) is 12. The predicted molar refractivity (Wildman–Crippen MR) is 400 cm³/mol. The van der Waals surface area contributed by atoms with Gasteiger partial charge >= 0.3 is 0 Å². The van der Waals surface area contributed by atoms with Gasteiger partial charge in [0.05, 0.1) is 138 Å². The zero-order chi connectivity index (χ0) is 71.1. The van der Waals surface area contributed by atoms with Gasteiger partial charge < -0.3 is 9.13 Å². The molecule has 0 radical (unpaired) electrons. The van der Waals surface area contributed by atoms with Crippen LogP contribution in [-0.4, -0.2) is 24.1 Å². The Kier molecular flexibility index (Phi) is 15.7. The lowest BCUT2D eigenvalue weighted by atomic mass is 9.94. The van der Waals surface area contributed by atoms with Crippen molar-refractivity contribution in [3.05, 3.63) is 317 Å². The van der Waals surface area contributed by atoms with Gasteiger partial charge in [0.2, 0.25) is 0 Å². The van der Waals surface area contributed by atoms with Gasteiger partial charge in [-0.3, -0.25) is 0 Å². The van der Waals surface area contributed by atoms with E-state index in [1.54, 1.807) is 78.9 Å². The van der Waals surface area contributed by atoms with Gasteiger partial charge in [0.1, 0.15) is 0 Å². The Morgan fingerprint density at radius 2 is 0.452 bits per heavy atom. The van der Waals surface area contributed by atoms with Gasteiger partial charge in [0.25, 0.3) is 0 Å². The first-order chi connectivity index (χ1) is 51.0. The molecule has 0 amide bonds. The highest BCUT2D eigenvalue weighted by Crippen LogP contribution is 2.46. The minimum absolute atomic E-state index is 0.333. The molecule has 16 aromatic rings. The van der Waals surface area contributed by atoms with Crippen molar-refractivity contribution in [3.8, 4) is 167 Å². The molecule has 14 heteroatoms. The van der Waals surface area contributed by atoms with Crippen LogP contribution in [0.1, 0.15) is 50.1 Å². The molecule has 13 aromatic carbocycles. The molecule has 0 unspecified atom stereocenters. The first-order valence-corrected chi connectivity index (χ1v) is 32.7. The second-order valence-corrected chi connectivity index (χ2v) is 24.9. The van der Waals surface area contributed by atoms with Gasteiger partial charge in [-0.2, -0.15) is 47.4 Å². The van der Waals surface area contributed by atoms with Crippen LogP contribution in [0, 0.1) is 102 Å². The van der Waals surface area contributed by atoms with Gasteiger partial charge in [-0.05, 0) is 219 Å². The largest absolute Gasteiger partial charge is 0.309 e. The highest BCUT2D eigenvalue weighted by Gasteiger charge is 2.25. The van der Waals surface area contributed by atoms with Crippen LogP contribution < -0.4 is 0 Å². The van der Waals surface area contributed by atoms with E-state index >= 15 is 0 Å². The van der Waals surface area contributed by atoms with E-state index in [0.29, 0.717) is 95.4 Å². The number of hydrogen-bond donors (Lipinski definition) is 0. The molecule has 474 valence electrons. The summed E-state index contributed by atoms with van der Waals surface area (Å²) < 4.78 is 4.39. The van der Waals surface area contributed by atoms with E-state index < -0.39 is 0 Å². The van der Waals surface area contributed by atoms with Crippen molar-refractivity contribution in [3.63, 3.8) is 0 Å². The summed E-state index contributed by atoms with van der Waals surface area (Å²) in [5.41, 5.74) is 18.7. The second-order valence-electron chi connectivity index (χ2n) is 24.9. The molecule has 0 bridgehead atoms. The van der Waals surface area contributed by atoms with Gasteiger partial charge in [-0.1, -0.05) is 103 Å². The summed E-state index contributed by atoms with van der Waals surface area (Å²) in [6.45, 7) is 0. The van der Waals surface area contributed by atoms with E-state index in [2.05, 4.69) is 118 Å². The van der Waals surface area contributed by atoms with Crippen molar-refractivity contribution in [1.29, 1.82) is 47.4 Å². The molecule has 0 aliphatic carbocycles. The van der Waals surface area contributed by atoms with Crippen molar-refractivity contribution < 1.29 is 0 Å². The van der Waals surface area contributed by atoms with Crippen molar-refractivity contribution in [2.24, 2.45) is 0 Å². The maximum Gasteiger partial charge on any atom is 0.164 e. The van der Waals surface area contributed by atoms with Crippen LogP contribution in [0.4, 0.5) is 0 Å². The third-order valence-electron chi connectivity index (χ3n) is 18.7. The third-order valence-corrected chi connectivity index (χ3v) is 18.7. The standard InChI is InChI=1S/C90H44N14/c91-45-54-8-7-13-69(30-54)76-43-70(18-24-82(76)103-84-20-14-65(72-31-55(46-92)26-56(32-72)47-93)39-78(84)79-40-66(15-21-85(79)103)73-33-57(48-94)27-58(34-73)49-95)77-44-71(90-101-88(63-9-3-1-4-10-63)100-89(102-90)64-11-5-2-6-12-64)19-25-83(77)104-86-22-16-67(74-35-59(50-96)28-60(36-74)51-97)41-80(86)81-42-68(17-23-87(81)104)75-37-61(52-98)29-62(38-75)53-99/h1-44H. The van der Waals surface area contributed by atoms with Crippen LogP contribution in [0.2, 0.25) is 0 Å². The summed E-state index contributed by atoms with van der Waals surface area (Å²) in [5.74, 6) is 1.35. The molecule has 0 aliphatic heterocycles. The minimum Gasteiger partial charge on any atom is -0.309 e. The molecule has 0 atom stereocenters. The maximum absolute atomic E-state index is 10.6. The zero-order valence-electron chi connectivity index (χ0n) is 54.7. The number of benzene rings is 13. The van der Waals surface area contributed by atoms with E-state index in [4.69, 9.17) is 15.0 Å². The Morgan fingerprint density at radius 3 is 0.769 bits per heavy atom. The van der Waals surface area contributed by atoms with Crippen LogP contribution in [0.5, 0.6) is 0 Å². The van der Waals surface area contributed by atoms with Crippen LogP contribution in [0.15, 0.2) is 267 Å². The molecule has 3 aromatic heterocycles. The molecule has 0 spiro atoms. The van der Waals surface area contributed by atoms with E-state index in [9.17, 15) is 47.4 Å². The monoisotopic (exact) mass is 1320 g/mol. The first kappa shape index (κ1) is 62.7. The number of rotatable bonds is 11. The van der Waals surface area contributed by atoms with Gasteiger partial charge in [-0.15, -0.1) is 0 Å². The molecular weight excluding hydrogens is 1280 g/mol. The van der Waals surface area contributed by atoms with E-state index in [1.807, 2.05) is 133 Å². The number of nitriles is 9. The second kappa shape index (κ2) is 26.0. The predicted octanol–water partition coefficient (Wildman–Crippen LogP) is 19.9. The maximum atomic E-state index is 10.6. The number of fused-ring (bicyclic) bond motifs is 6. The summed E-state index contributed by atoms with van der Waals surface area (Å²) in [7, 11) is 0. The van der Waals surface area contributed by atoms with E-state index in [1.165, 1.54) is 0 Å². The van der Waals surface area contributed by atoms with Crippen molar-refractivity contribution in [2.75, 3.05) is 0 Å². The fourth-order valence-corrected chi connectivity index (χ4v) is 13.9. The Bertz CT molecular complexity index is 6340. The van der Waals surface area contributed by atoms with Gasteiger partial charge in [0, 0.05) is 49.4 Å². The van der Waals surface area contributed by atoms with Crippen molar-refractivity contribution in [1.82, 2.24) is 24.1 Å². The van der Waals surface area contributed by atoms with E-state index in [0.717, 1.165) is 111 Å². The Morgan fingerprint density at radius 1 is 0.192 bits per heavy atom. The molecule has 104 heavy (non-hydrogen) atoms. The average Bonchev–Trinajstić information content (AvgIpc) is 1.58. The lowest BCUT2D eigenvalue weighted by molar-refractivity contribution is 1.07. The fourth-order valence-electron chi connectivity index (χ4n) is 13.9. The molecule has 0 saturated carbocycles. The Labute approximate surface area is 595 Å². The lowest BCUT2D eigenvalue weighted by Crippen LogP contribution is -2.02.